The number of rotatable bonds is 7. The van der Waals surface area contributed by atoms with E-state index in [0.29, 0.717) is 6.54 Å². The quantitative estimate of drug-likeness (QED) is 0.680. The molecule has 0 aliphatic rings. The maximum absolute atomic E-state index is 9.62. The Morgan fingerprint density at radius 3 is 2.35 bits per heavy atom. The number of benzene rings is 1. The van der Waals surface area contributed by atoms with Gasteiger partial charge in [-0.25, -0.2) is 0 Å². The van der Waals surface area contributed by atoms with Crippen LogP contribution in [-0.4, -0.2) is 50.6 Å². The average molecular weight is 240 g/mol. The van der Waals surface area contributed by atoms with Crippen LogP contribution in [0.15, 0.2) is 24.3 Å². The second-order valence-electron chi connectivity index (χ2n) is 3.90. The molecule has 0 heterocycles. The second kappa shape index (κ2) is 7.11. The minimum absolute atomic E-state index is 0.257. The monoisotopic (exact) mass is 240 g/mol. The fourth-order valence-electron chi connectivity index (χ4n) is 1.21. The van der Waals surface area contributed by atoms with Crippen molar-refractivity contribution < 1.29 is 14.6 Å². The summed E-state index contributed by atoms with van der Waals surface area (Å²) in [6.07, 6.45) is -0.542. The first-order chi connectivity index (χ1) is 8.11. The van der Waals surface area contributed by atoms with Gasteiger partial charge in [0.15, 0.2) is 0 Å². The SMILES string of the molecule is COc1ccc(OCC(O)CNN(C)C)cc1. The van der Waals surface area contributed by atoms with E-state index in [9.17, 15) is 5.11 Å². The van der Waals surface area contributed by atoms with Crippen LogP contribution in [0.25, 0.3) is 0 Å². The summed E-state index contributed by atoms with van der Waals surface area (Å²) in [6.45, 7) is 0.719. The molecule has 1 rings (SSSR count). The molecule has 17 heavy (non-hydrogen) atoms. The predicted octanol–water partition coefficient (Wildman–Crippen LogP) is 0.501. The van der Waals surface area contributed by atoms with Gasteiger partial charge in [0.1, 0.15) is 24.2 Å². The lowest BCUT2D eigenvalue weighted by atomic mass is 10.3. The lowest BCUT2D eigenvalue weighted by Crippen LogP contribution is -2.39. The minimum atomic E-state index is -0.542. The molecule has 0 amide bonds. The van der Waals surface area contributed by atoms with Crippen molar-refractivity contribution in [2.24, 2.45) is 0 Å². The van der Waals surface area contributed by atoms with Crippen LogP contribution in [0.1, 0.15) is 0 Å². The lowest BCUT2D eigenvalue weighted by Gasteiger charge is -2.16. The fourth-order valence-corrected chi connectivity index (χ4v) is 1.21. The number of hydrogen-bond donors (Lipinski definition) is 2. The summed E-state index contributed by atoms with van der Waals surface area (Å²) in [5.74, 6) is 1.50. The van der Waals surface area contributed by atoms with E-state index < -0.39 is 6.10 Å². The molecule has 0 fully saturated rings. The number of ether oxygens (including phenoxy) is 2. The Balaban J connectivity index is 2.29. The third-order valence-corrected chi connectivity index (χ3v) is 2.14. The molecule has 0 radical (unpaired) electrons. The zero-order valence-corrected chi connectivity index (χ0v) is 10.5. The third-order valence-electron chi connectivity index (χ3n) is 2.14. The van der Waals surface area contributed by atoms with Crippen LogP contribution >= 0.6 is 0 Å². The Kier molecular flexibility index (Phi) is 5.76. The highest BCUT2D eigenvalue weighted by Gasteiger charge is 2.05. The van der Waals surface area contributed by atoms with Crippen LogP contribution in [-0.2, 0) is 0 Å². The number of hydrazine groups is 1. The van der Waals surface area contributed by atoms with Gasteiger partial charge in [0.2, 0.25) is 0 Å². The molecule has 0 saturated heterocycles. The van der Waals surface area contributed by atoms with E-state index in [1.807, 2.05) is 38.4 Å². The van der Waals surface area contributed by atoms with Crippen LogP contribution in [0.5, 0.6) is 11.5 Å². The van der Waals surface area contributed by atoms with Crippen molar-refractivity contribution >= 4 is 0 Å². The first-order valence-corrected chi connectivity index (χ1v) is 5.47. The van der Waals surface area contributed by atoms with Gasteiger partial charge < -0.3 is 14.6 Å². The molecule has 0 saturated carbocycles. The van der Waals surface area contributed by atoms with E-state index >= 15 is 0 Å². The van der Waals surface area contributed by atoms with E-state index in [4.69, 9.17) is 9.47 Å². The molecule has 1 aromatic carbocycles. The van der Waals surface area contributed by atoms with E-state index in [-0.39, 0.29) is 6.61 Å². The first kappa shape index (κ1) is 13.8. The molecular weight excluding hydrogens is 220 g/mol. The Morgan fingerprint density at radius 1 is 1.24 bits per heavy atom. The fraction of sp³-hybridized carbons (Fsp3) is 0.500. The van der Waals surface area contributed by atoms with Gasteiger partial charge in [0.05, 0.1) is 7.11 Å². The number of aliphatic hydroxyl groups is 1. The Hall–Kier alpha value is -1.30. The van der Waals surface area contributed by atoms with E-state index in [0.717, 1.165) is 11.5 Å². The van der Waals surface area contributed by atoms with Gasteiger partial charge in [0, 0.05) is 20.6 Å². The summed E-state index contributed by atoms with van der Waals surface area (Å²) in [7, 11) is 5.36. The van der Waals surface area contributed by atoms with Crippen molar-refractivity contribution in [1.29, 1.82) is 0 Å². The molecular formula is C12H20N2O3. The number of nitrogens with one attached hydrogen (secondary N) is 1. The summed E-state index contributed by atoms with van der Waals surface area (Å²) in [6, 6.07) is 7.26. The van der Waals surface area contributed by atoms with Crippen LogP contribution < -0.4 is 14.9 Å². The summed E-state index contributed by atoms with van der Waals surface area (Å²) >= 11 is 0. The number of nitrogens with zero attached hydrogens (tertiary/aromatic N) is 1. The molecule has 1 atom stereocenters. The summed E-state index contributed by atoms with van der Waals surface area (Å²) in [5, 5.41) is 11.4. The van der Waals surface area contributed by atoms with E-state index in [1.54, 1.807) is 12.1 Å². The number of hydrogen-bond acceptors (Lipinski definition) is 5. The van der Waals surface area contributed by atoms with Crippen molar-refractivity contribution in [3.63, 3.8) is 0 Å². The molecule has 96 valence electrons. The summed E-state index contributed by atoms with van der Waals surface area (Å²) in [4.78, 5) is 0. The normalized spacial score (nSPS) is 12.5. The van der Waals surface area contributed by atoms with Gasteiger partial charge in [-0.15, -0.1) is 0 Å². The molecule has 1 unspecified atom stereocenters. The number of methoxy groups -OCH3 is 1. The third kappa shape index (κ3) is 5.53. The van der Waals surface area contributed by atoms with Crippen molar-refractivity contribution in [2.45, 2.75) is 6.10 Å². The smallest absolute Gasteiger partial charge is 0.119 e. The van der Waals surface area contributed by atoms with Crippen molar-refractivity contribution in [3.05, 3.63) is 24.3 Å². The molecule has 2 N–H and O–H groups in total. The highest BCUT2D eigenvalue weighted by Crippen LogP contribution is 2.16. The predicted molar refractivity (Wildman–Crippen MR) is 66.2 cm³/mol. The zero-order valence-electron chi connectivity index (χ0n) is 10.5. The van der Waals surface area contributed by atoms with Crippen molar-refractivity contribution in [1.82, 2.24) is 10.4 Å². The molecule has 1 aromatic rings. The average Bonchev–Trinajstić information content (AvgIpc) is 2.34. The maximum atomic E-state index is 9.62. The van der Waals surface area contributed by atoms with Gasteiger partial charge in [-0.1, -0.05) is 0 Å². The molecule has 0 aliphatic carbocycles. The first-order valence-electron chi connectivity index (χ1n) is 5.47. The van der Waals surface area contributed by atoms with Crippen LogP contribution in [0.3, 0.4) is 0 Å². The standard InChI is InChI=1S/C12H20N2O3/c1-14(2)13-8-10(15)9-17-12-6-4-11(16-3)5-7-12/h4-7,10,13,15H,8-9H2,1-3H3. The van der Waals surface area contributed by atoms with Gasteiger partial charge in [0.25, 0.3) is 0 Å². The summed E-state index contributed by atoms with van der Waals surface area (Å²) < 4.78 is 10.5. The van der Waals surface area contributed by atoms with Crippen LogP contribution in [0.2, 0.25) is 0 Å². The van der Waals surface area contributed by atoms with Crippen LogP contribution in [0, 0.1) is 0 Å². The summed E-state index contributed by atoms with van der Waals surface area (Å²) in [5.41, 5.74) is 2.98. The largest absolute Gasteiger partial charge is 0.497 e. The molecule has 0 bridgehead atoms. The van der Waals surface area contributed by atoms with Crippen LogP contribution in [0.4, 0.5) is 0 Å². The molecule has 5 nitrogen and oxygen atoms in total. The highest BCUT2D eigenvalue weighted by atomic mass is 16.5. The van der Waals surface area contributed by atoms with E-state index in [1.165, 1.54) is 0 Å². The highest BCUT2D eigenvalue weighted by molar-refractivity contribution is 5.31. The number of aliphatic hydroxyl groups excluding tert-OH is 1. The van der Waals surface area contributed by atoms with Crippen molar-refractivity contribution in [2.75, 3.05) is 34.4 Å². The molecule has 0 aromatic heterocycles. The van der Waals surface area contributed by atoms with E-state index in [2.05, 4.69) is 5.43 Å². The maximum Gasteiger partial charge on any atom is 0.119 e. The van der Waals surface area contributed by atoms with Gasteiger partial charge in [-0.3, -0.25) is 10.4 Å². The topological polar surface area (TPSA) is 54.0 Å². The van der Waals surface area contributed by atoms with Crippen molar-refractivity contribution in [3.8, 4) is 11.5 Å². The van der Waals surface area contributed by atoms with Gasteiger partial charge in [-0.05, 0) is 24.3 Å². The Morgan fingerprint density at radius 2 is 1.82 bits per heavy atom. The Labute approximate surface area is 102 Å². The van der Waals surface area contributed by atoms with Gasteiger partial charge >= 0.3 is 0 Å². The van der Waals surface area contributed by atoms with Gasteiger partial charge in [-0.2, -0.15) is 0 Å². The molecule has 5 heteroatoms. The minimum Gasteiger partial charge on any atom is -0.497 e. The second-order valence-corrected chi connectivity index (χ2v) is 3.90. The molecule has 0 aliphatic heterocycles. The Bertz CT molecular complexity index is 314. The molecule has 0 spiro atoms. The lowest BCUT2D eigenvalue weighted by molar-refractivity contribution is 0.0884. The zero-order chi connectivity index (χ0) is 12.7.